The molecule has 1 amide bonds. The minimum atomic E-state index is -0.456. The summed E-state index contributed by atoms with van der Waals surface area (Å²) in [7, 11) is 0. The van der Waals surface area contributed by atoms with Crippen LogP contribution in [0.5, 0.6) is 11.5 Å². The fourth-order valence-corrected chi connectivity index (χ4v) is 3.01. The highest BCUT2D eigenvalue weighted by molar-refractivity contribution is 6.32. The van der Waals surface area contributed by atoms with Crippen LogP contribution in [-0.2, 0) is 4.79 Å². The number of nitrogens with one attached hydrogen (secondary N) is 1. The first-order chi connectivity index (χ1) is 14.4. The van der Waals surface area contributed by atoms with Gasteiger partial charge in [-0.3, -0.25) is 4.79 Å². The quantitative estimate of drug-likeness (QED) is 0.412. The molecule has 0 saturated carbocycles. The molecule has 158 valence electrons. The molecule has 30 heavy (non-hydrogen) atoms. The molecule has 2 aromatic carbocycles. The number of nitriles is 1. The Morgan fingerprint density at radius 1 is 1.23 bits per heavy atom. The number of amides is 1. The Bertz CT molecular complexity index is 935. The van der Waals surface area contributed by atoms with E-state index in [2.05, 4.69) is 5.32 Å². The third-order valence-corrected chi connectivity index (χ3v) is 4.83. The highest BCUT2D eigenvalue weighted by Gasteiger charge is 2.17. The van der Waals surface area contributed by atoms with Gasteiger partial charge in [0.2, 0.25) is 0 Å². The zero-order valence-corrected chi connectivity index (χ0v) is 18.5. The molecule has 6 heteroatoms. The van der Waals surface area contributed by atoms with Crippen LogP contribution in [0.15, 0.2) is 48.0 Å². The molecule has 5 nitrogen and oxygen atoms in total. The summed E-state index contributed by atoms with van der Waals surface area (Å²) in [6.45, 7) is 8.13. The van der Waals surface area contributed by atoms with Gasteiger partial charge in [0, 0.05) is 0 Å². The SMILES string of the molecule is CCOc1cc(/C=C(/C#N)C(=O)N[C@@H](C)c2ccccc2)cc(Cl)c1O[C@H](C)CC. The molecule has 0 aliphatic rings. The summed E-state index contributed by atoms with van der Waals surface area (Å²) in [5, 5.41) is 12.7. The van der Waals surface area contributed by atoms with Gasteiger partial charge in [0.15, 0.2) is 11.5 Å². The van der Waals surface area contributed by atoms with Gasteiger partial charge in [-0.15, -0.1) is 0 Å². The summed E-state index contributed by atoms with van der Waals surface area (Å²) in [6, 6.07) is 14.7. The lowest BCUT2D eigenvalue weighted by atomic mass is 10.1. The fraction of sp³-hybridized carbons (Fsp3) is 0.333. The number of ether oxygens (including phenoxy) is 2. The van der Waals surface area contributed by atoms with Crippen molar-refractivity contribution in [3.63, 3.8) is 0 Å². The average molecular weight is 427 g/mol. The van der Waals surface area contributed by atoms with Gasteiger partial charge in [0.25, 0.3) is 5.91 Å². The molecule has 0 bridgehead atoms. The molecule has 2 atom stereocenters. The lowest BCUT2D eigenvalue weighted by Gasteiger charge is -2.18. The fourth-order valence-electron chi connectivity index (χ4n) is 2.75. The van der Waals surface area contributed by atoms with Gasteiger partial charge in [-0.2, -0.15) is 5.26 Å². The van der Waals surface area contributed by atoms with Crippen molar-refractivity contribution in [1.29, 1.82) is 5.26 Å². The summed E-state index contributed by atoms with van der Waals surface area (Å²) in [6.07, 6.45) is 2.29. The average Bonchev–Trinajstić information content (AvgIpc) is 2.74. The second-order valence-electron chi connectivity index (χ2n) is 6.88. The summed E-state index contributed by atoms with van der Waals surface area (Å²) >= 11 is 6.42. The molecule has 0 spiro atoms. The Morgan fingerprint density at radius 3 is 2.53 bits per heavy atom. The van der Waals surface area contributed by atoms with E-state index in [1.165, 1.54) is 6.08 Å². The molecule has 0 aliphatic heterocycles. The van der Waals surface area contributed by atoms with Crippen LogP contribution in [0.4, 0.5) is 0 Å². The Balaban J connectivity index is 2.29. The third kappa shape index (κ3) is 6.27. The second kappa shape index (κ2) is 11.3. The number of hydrogen-bond acceptors (Lipinski definition) is 4. The van der Waals surface area contributed by atoms with Gasteiger partial charge in [-0.25, -0.2) is 0 Å². The van der Waals surface area contributed by atoms with Crippen molar-refractivity contribution < 1.29 is 14.3 Å². The van der Waals surface area contributed by atoms with Gasteiger partial charge in [-0.05, 0) is 56.5 Å². The highest BCUT2D eigenvalue weighted by atomic mass is 35.5. The molecule has 0 saturated heterocycles. The van der Waals surface area contributed by atoms with Crippen molar-refractivity contribution in [2.75, 3.05) is 6.61 Å². The molecule has 0 fully saturated rings. The van der Waals surface area contributed by atoms with Gasteiger partial charge in [0.05, 0.1) is 23.8 Å². The predicted octanol–water partition coefficient (Wildman–Crippen LogP) is 5.70. The van der Waals surface area contributed by atoms with Crippen LogP contribution >= 0.6 is 11.6 Å². The van der Waals surface area contributed by atoms with Gasteiger partial charge in [0.1, 0.15) is 11.6 Å². The van der Waals surface area contributed by atoms with E-state index in [1.807, 2.05) is 64.1 Å². The largest absolute Gasteiger partial charge is 0.490 e. The van der Waals surface area contributed by atoms with Crippen LogP contribution in [0.3, 0.4) is 0 Å². The van der Waals surface area contributed by atoms with Crippen LogP contribution in [0.25, 0.3) is 6.08 Å². The lowest BCUT2D eigenvalue weighted by molar-refractivity contribution is -0.117. The Morgan fingerprint density at radius 2 is 1.93 bits per heavy atom. The number of nitrogens with zero attached hydrogens (tertiary/aromatic N) is 1. The van der Waals surface area contributed by atoms with E-state index in [-0.39, 0.29) is 17.7 Å². The van der Waals surface area contributed by atoms with E-state index < -0.39 is 5.91 Å². The molecule has 0 radical (unpaired) electrons. The van der Waals surface area contributed by atoms with E-state index in [4.69, 9.17) is 21.1 Å². The molecule has 2 aromatic rings. The van der Waals surface area contributed by atoms with E-state index in [1.54, 1.807) is 12.1 Å². The maximum absolute atomic E-state index is 12.6. The van der Waals surface area contributed by atoms with Gasteiger partial charge in [-0.1, -0.05) is 48.9 Å². The predicted molar refractivity (Wildman–Crippen MR) is 120 cm³/mol. The van der Waals surface area contributed by atoms with Crippen molar-refractivity contribution in [3.8, 4) is 17.6 Å². The number of benzene rings is 2. The van der Waals surface area contributed by atoms with E-state index in [9.17, 15) is 10.1 Å². The summed E-state index contributed by atoms with van der Waals surface area (Å²) in [5.41, 5.74) is 1.52. The first-order valence-electron chi connectivity index (χ1n) is 10.00. The number of carbonyl (C=O) groups excluding carboxylic acids is 1. The third-order valence-electron chi connectivity index (χ3n) is 4.55. The first-order valence-corrected chi connectivity index (χ1v) is 10.4. The second-order valence-corrected chi connectivity index (χ2v) is 7.28. The molecule has 0 aliphatic carbocycles. The van der Waals surface area contributed by atoms with Gasteiger partial charge < -0.3 is 14.8 Å². The Labute approximate surface area is 183 Å². The van der Waals surface area contributed by atoms with Crippen molar-refractivity contribution in [3.05, 3.63) is 64.2 Å². The molecule has 0 unspecified atom stereocenters. The molecule has 1 N–H and O–H groups in total. The summed E-state index contributed by atoms with van der Waals surface area (Å²) in [4.78, 5) is 12.6. The van der Waals surface area contributed by atoms with Crippen LogP contribution < -0.4 is 14.8 Å². The lowest BCUT2D eigenvalue weighted by Crippen LogP contribution is -2.27. The molecular weight excluding hydrogens is 400 g/mol. The maximum atomic E-state index is 12.6. The van der Waals surface area contributed by atoms with Crippen LogP contribution in [0.1, 0.15) is 51.3 Å². The topological polar surface area (TPSA) is 71.3 Å². The standard InChI is InChI=1S/C24H27ClN2O3/c1-5-16(3)30-23-21(25)13-18(14-22(23)29-6-2)12-20(15-26)24(28)27-17(4)19-10-8-7-9-11-19/h7-14,16-17H,5-6H2,1-4H3,(H,27,28)/b20-12-/t16-,17+/m1/s1. The zero-order chi connectivity index (χ0) is 22.1. The van der Waals surface area contributed by atoms with Crippen molar-refractivity contribution in [1.82, 2.24) is 5.32 Å². The van der Waals surface area contributed by atoms with E-state index in [0.717, 1.165) is 12.0 Å². The molecule has 2 rings (SSSR count). The van der Waals surface area contributed by atoms with Crippen LogP contribution in [0, 0.1) is 11.3 Å². The molecule has 0 aromatic heterocycles. The Kier molecular flexibility index (Phi) is 8.76. The normalized spacial score (nSPS) is 13.1. The van der Waals surface area contributed by atoms with Gasteiger partial charge >= 0.3 is 0 Å². The van der Waals surface area contributed by atoms with Crippen molar-refractivity contribution in [2.45, 2.75) is 46.3 Å². The number of hydrogen-bond donors (Lipinski definition) is 1. The highest BCUT2D eigenvalue weighted by Crippen LogP contribution is 2.38. The molecule has 0 heterocycles. The van der Waals surface area contributed by atoms with Crippen molar-refractivity contribution in [2.24, 2.45) is 0 Å². The smallest absolute Gasteiger partial charge is 0.262 e. The minimum absolute atomic E-state index is 0.0214. The first kappa shape index (κ1) is 23.3. The van der Waals surface area contributed by atoms with Crippen molar-refractivity contribution >= 4 is 23.6 Å². The number of carbonyl (C=O) groups is 1. The molecular formula is C24H27ClN2O3. The summed E-state index contributed by atoms with van der Waals surface area (Å²) in [5.74, 6) is 0.487. The van der Waals surface area contributed by atoms with E-state index in [0.29, 0.717) is 28.7 Å². The zero-order valence-electron chi connectivity index (χ0n) is 17.7. The van der Waals surface area contributed by atoms with Crippen LogP contribution in [0.2, 0.25) is 5.02 Å². The van der Waals surface area contributed by atoms with Crippen LogP contribution in [-0.4, -0.2) is 18.6 Å². The minimum Gasteiger partial charge on any atom is -0.490 e. The number of rotatable bonds is 9. The Hall–Kier alpha value is -2.97. The summed E-state index contributed by atoms with van der Waals surface area (Å²) < 4.78 is 11.6. The van der Waals surface area contributed by atoms with E-state index >= 15 is 0 Å². The monoisotopic (exact) mass is 426 g/mol. The number of halogens is 1. The maximum Gasteiger partial charge on any atom is 0.262 e.